The molecule has 0 aromatic rings. The van der Waals surface area contributed by atoms with Crippen LogP contribution >= 0.6 is 11.8 Å². The second-order valence-corrected chi connectivity index (χ2v) is 2.65. The lowest BCUT2D eigenvalue weighted by Gasteiger charge is -1.93. The van der Waals surface area contributed by atoms with Gasteiger partial charge in [-0.05, 0) is 6.92 Å². The van der Waals surface area contributed by atoms with E-state index in [0.717, 1.165) is 11.9 Å². The highest BCUT2D eigenvalue weighted by atomic mass is 32.2. The van der Waals surface area contributed by atoms with Crippen molar-refractivity contribution in [2.45, 2.75) is 13.0 Å². The SMILES string of the molecule is C[C@H]1CSCN1. The van der Waals surface area contributed by atoms with Crippen molar-refractivity contribution in [2.24, 2.45) is 0 Å². The van der Waals surface area contributed by atoms with Gasteiger partial charge in [0, 0.05) is 17.7 Å². The Labute approximate surface area is 42.5 Å². The van der Waals surface area contributed by atoms with Crippen LogP contribution in [-0.4, -0.2) is 17.7 Å². The van der Waals surface area contributed by atoms with Crippen molar-refractivity contribution in [1.82, 2.24) is 5.32 Å². The minimum absolute atomic E-state index is 0.759. The van der Waals surface area contributed by atoms with Gasteiger partial charge in [-0.2, -0.15) is 0 Å². The summed E-state index contributed by atoms with van der Waals surface area (Å²) in [6.07, 6.45) is 0. The van der Waals surface area contributed by atoms with E-state index in [2.05, 4.69) is 12.2 Å². The predicted molar refractivity (Wildman–Crippen MR) is 29.9 cm³/mol. The summed E-state index contributed by atoms with van der Waals surface area (Å²) in [5.74, 6) is 2.45. The fraction of sp³-hybridized carbons (Fsp3) is 1.00. The normalized spacial score (nSPS) is 34.5. The molecule has 1 aliphatic heterocycles. The van der Waals surface area contributed by atoms with Crippen molar-refractivity contribution in [3.8, 4) is 0 Å². The molecule has 0 unspecified atom stereocenters. The van der Waals surface area contributed by atoms with Crippen LogP contribution in [0.2, 0.25) is 0 Å². The Hall–Kier alpha value is 0.310. The summed E-state index contributed by atoms with van der Waals surface area (Å²) in [6.45, 7) is 2.21. The average molecular weight is 103 g/mol. The molecule has 0 radical (unpaired) electrons. The molecule has 36 valence electrons. The van der Waals surface area contributed by atoms with E-state index in [9.17, 15) is 0 Å². The first kappa shape index (κ1) is 4.47. The van der Waals surface area contributed by atoms with E-state index < -0.39 is 0 Å². The zero-order valence-electron chi connectivity index (χ0n) is 3.90. The van der Waals surface area contributed by atoms with E-state index in [1.54, 1.807) is 0 Å². The van der Waals surface area contributed by atoms with E-state index in [1.807, 2.05) is 11.8 Å². The molecule has 1 saturated heterocycles. The Morgan fingerprint density at radius 2 is 2.67 bits per heavy atom. The molecule has 1 atom stereocenters. The quantitative estimate of drug-likeness (QED) is 0.483. The molecule has 1 N–H and O–H groups in total. The van der Waals surface area contributed by atoms with Crippen LogP contribution in [0.5, 0.6) is 0 Å². The summed E-state index contributed by atoms with van der Waals surface area (Å²) in [6, 6.07) is 0.759. The van der Waals surface area contributed by atoms with E-state index in [-0.39, 0.29) is 0 Å². The van der Waals surface area contributed by atoms with Gasteiger partial charge >= 0.3 is 0 Å². The van der Waals surface area contributed by atoms with Crippen LogP contribution in [0.3, 0.4) is 0 Å². The second kappa shape index (κ2) is 1.85. The summed E-state index contributed by atoms with van der Waals surface area (Å²) < 4.78 is 0. The first-order chi connectivity index (χ1) is 2.89. The number of hydrogen-bond acceptors (Lipinski definition) is 2. The zero-order chi connectivity index (χ0) is 4.41. The molecule has 0 spiro atoms. The molecule has 1 fully saturated rings. The fourth-order valence-electron chi connectivity index (χ4n) is 0.496. The van der Waals surface area contributed by atoms with Crippen LogP contribution < -0.4 is 5.32 Å². The molecular formula is C4H9NS. The molecular weight excluding hydrogens is 94.1 g/mol. The highest BCUT2D eigenvalue weighted by molar-refractivity contribution is 7.99. The van der Waals surface area contributed by atoms with E-state index in [1.165, 1.54) is 5.75 Å². The van der Waals surface area contributed by atoms with Crippen LogP contribution in [0.1, 0.15) is 6.92 Å². The maximum Gasteiger partial charge on any atom is 0.0420 e. The minimum Gasteiger partial charge on any atom is -0.305 e. The van der Waals surface area contributed by atoms with Gasteiger partial charge in [-0.1, -0.05) is 0 Å². The van der Waals surface area contributed by atoms with E-state index in [4.69, 9.17) is 0 Å². The van der Waals surface area contributed by atoms with Gasteiger partial charge in [0.05, 0.1) is 0 Å². The molecule has 0 amide bonds. The predicted octanol–water partition coefficient (Wildman–Crippen LogP) is 0.669. The summed E-state index contributed by atoms with van der Waals surface area (Å²) >= 11 is 1.97. The molecule has 2 heteroatoms. The van der Waals surface area contributed by atoms with Crippen molar-refractivity contribution in [3.05, 3.63) is 0 Å². The number of thioether (sulfide) groups is 1. The maximum absolute atomic E-state index is 3.28. The first-order valence-corrected chi connectivity index (χ1v) is 3.36. The third kappa shape index (κ3) is 0.884. The Morgan fingerprint density at radius 1 is 1.83 bits per heavy atom. The Bertz CT molecular complexity index is 40.8. The van der Waals surface area contributed by atoms with E-state index >= 15 is 0 Å². The smallest absolute Gasteiger partial charge is 0.0420 e. The van der Waals surface area contributed by atoms with Gasteiger partial charge in [0.25, 0.3) is 0 Å². The lowest BCUT2D eigenvalue weighted by molar-refractivity contribution is 0.692. The van der Waals surface area contributed by atoms with Gasteiger partial charge in [-0.25, -0.2) is 0 Å². The molecule has 0 aliphatic carbocycles. The summed E-state index contributed by atoms with van der Waals surface area (Å²) in [4.78, 5) is 0. The molecule has 0 aromatic carbocycles. The van der Waals surface area contributed by atoms with Crippen LogP contribution in [-0.2, 0) is 0 Å². The summed E-state index contributed by atoms with van der Waals surface area (Å²) in [7, 11) is 0. The largest absolute Gasteiger partial charge is 0.305 e. The molecule has 1 nitrogen and oxygen atoms in total. The van der Waals surface area contributed by atoms with Crippen LogP contribution in [0, 0.1) is 0 Å². The highest BCUT2D eigenvalue weighted by Crippen LogP contribution is 2.07. The third-order valence-electron chi connectivity index (χ3n) is 0.902. The van der Waals surface area contributed by atoms with Crippen molar-refractivity contribution in [2.75, 3.05) is 11.6 Å². The van der Waals surface area contributed by atoms with Gasteiger partial charge in [0.15, 0.2) is 0 Å². The van der Waals surface area contributed by atoms with Crippen molar-refractivity contribution >= 4 is 11.8 Å². The Kier molecular flexibility index (Phi) is 1.37. The molecule has 0 saturated carbocycles. The van der Waals surface area contributed by atoms with Crippen molar-refractivity contribution in [1.29, 1.82) is 0 Å². The van der Waals surface area contributed by atoms with Gasteiger partial charge in [0.2, 0.25) is 0 Å². The van der Waals surface area contributed by atoms with Crippen LogP contribution in [0.25, 0.3) is 0 Å². The second-order valence-electron chi connectivity index (χ2n) is 1.62. The first-order valence-electron chi connectivity index (χ1n) is 2.21. The molecule has 1 rings (SSSR count). The molecule has 1 heterocycles. The van der Waals surface area contributed by atoms with Crippen LogP contribution in [0.15, 0.2) is 0 Å². The molecule has 0 aromatic heterocycles. The Morgan fingerprint density at radius 3 is 2.83 bits per heavy atom. The van der Waals surface area contributed by atoms with Gasteiger partial charge in [0.1, 0.15) is 0 Å². The average Bonchev–Trinajstić information content (AvgIpc) is 1.86. The van der Waals surface area contributed by atoms with Crippen molar-refractivity contribution < 1.29 is 0 Å². The lowest BCUT2D eigenvalue weighted by Crippen LogP contribution is -2.18. The number of hydrogen-bond donors (Lipinski definition) is 1. The van der Waals surface area contributed by atoms with Gasteiger partial charge in [-0.15, -0.1) is 11.8 Å². The topological polar surface area (TPSA) is 12.0 Å². The Balaban J connectivity index is 2.18. The van der Waals surface area contributed by atoms with Crippen LogP contribution in [0.4, 0.5) is 0 Å². The number of rotatable bonds is 0. The monoisotopic (exact) mass is 103 g/mol. The molecule has 6 heavy (non-hydrogen) atoms. The minimum atomic E-state index is 0.759. The molecule has 1 aliphatic rings. The standard InChI is InChI=1S/C4H9NS/c1-4-2-6-3-5-4/h4-5H,2-3H2,1H3/t4-/m0/s1. The van der Waals surface area contributed by atoms with Gasteiger partial charge < -0.3 is 5.32 Å². The molecule has 0 bridgehead atoms. The van der Waals surface area contributed by atoms with Crippen molar-refractivity contribution in [3.63, 3.8) is 0 Å². The summed E-state index contributed by atoms with van der Waals surface area (Å²) in [5.41, 5.74) is 0. The third-order valence-corrected chi connectivity index (χ3v) is 2.01. The number of nitrogens with one attached hydrogen (secondary N) is 1. The zero-order valence-corrected chi connectivity index (χ0v) is 4.72. The summed E-state index contributed by atoms with van der Waals surface area (Å²) in [5, 5.41) is 3.28. The lowest BCUT2D eigenvalue weighted by atomic mass is 10.4. The maximum atomic E-state index is 3.28. The van der Waals surface area contributed by atoms with Gasteiger partial charge in [-0.3, -0.25) is 0 Å². The highest BCUT2D eigenvalue weighted by Gasteiger charge is 2.05. The fourth-order valence-corrected chi connectivity index (χ4v) is 1.49. The van der Waals surface area contributed by atoms with E-state index in [0.29, 0.717) is 0 Å².